The number of carbonyl (C=O) groups excluding carboxylic acids is 1. The molecule has 1 aromatic rings. The van der Waals surface area contributed by atoms with Crippen molar-refractivity contribution in [2.45, 2.75) is 46.0 Å². The standard InChI is InChI=1S/C18H22O5.Na/c1-10(5-9-15(20)21)4-6-13-17(22)16-12(7-8-14(16)19)11(2)18(13)23-3;/h4,22H,5-9H2,1-3H3,(H,20,21);/b10-4+;. The first-order valence-corrected chi connectivity index (χ1v) is 7.68. The topological polar surface area (TPSA) is 83.8 Å². The molecule has 2 rings (SSSR count). The molecule has 0 saturated heterocycles. The largest absolute Gasteiger partial charge is 0.507 e. The number of hydrogen-bond acceptors (Lipinski definition) is 4. The van der Waals surface area contributed by atoms with Gasteiger partial charge in [0.1, 0.15) is 11.5 Å². The fraction of sp³-hybridized carbons (Fsp3) is 0.444. The minimum absolute atomic E-state index is 0. The van der Waals surface area contributed by atoms with Crippen molar-refractivity contribution in [1.29, 1.82) is 0 Å². The summed E-state index contributed by atoms with van der Waals surface area (Å²) in [5.41, 5.74) is 3.72. The number of benzene rings is 1. The van der Waals surface area contributed by atoms with Gasteiger partial charge in [-0.25, -0.2) is 0 Å². The van der Waals surface area contributed by atoms with Gasteiger partial charge in [-0.15, -0.1) is 0 Å². The second-order valence-corrected chi connectivity index (χ2v) is 5.91. The number of carboxylic acid groups (broad SMARTS) is 1. The van der Waals surface area contributed by atoms with Gasteiger partial charge in [-0.1, -0.05) is 11.6 Å². The number of ketones is 1. The number of aromatic hydroxyl groups is 1. The number of aliphatic carboxylic acids is 1. The molecule has 5 nitrogen and oxygen atoms in total. The molecule has 0 unspecified atom stereocenters. The minimum atomic E-state index is -0.836. The monoisotopic (exact) mass is 341 g/mol. The quantitative estimate of drug-likeness (QED) is 0.614. The van der Waals surface area contributed by atoms with Crippen LogP contribution >= 0.6 is 0 Å². The van der Waals surface area contributed by atoms with E-state index in [2.05, 4.69) is 0 Å². The molecule has 0 atom stereocenters. The number of phenolic OH excluding ortho intramolecular Hbond substituents is 1. The molecular weight excluding hydrogens is 319 g/mol. The van der Waals surface area contributed by atoms with Crippen LogP contribution in [0.1, 0.15) is 53.2 Å². The van der Waals surface area contributed by atoms with E-state index < -0.39 is 5.97 Å². The number of phenols is 1. The summed E-state index contributed by atoms with van der Waals surface area (Å²) in [4.78, 5) is 22.6. The molecule has 0 aliphatic heterocycles. The van der Waals surface area contributed by atoms with E-state index in [-0.39, 0.29) is 47.5 Å². The third kappa shape index (κ3) is 4.21. The smallest absolute Gasteiger partial charge is 0.303 e. The van der Waals surface area contributed by atoms with Crippen molar-refractivity contribution in [2.24, 2.45) is 0 Å². The Morgan fingerprint density at radius 3 is 2.54 bits per heavy atom. The molecule has 0 saturated carbocycles. The number of carbonyl (C=O) groups is 2. The van der Waals surface area contributed by atoms with Crippen LogP contribution in [0.2, 0.25) is 0 Å². The summed E-state index contributed by atoms with van der Waals surface area (Å²) >= 11 is 0. The van der Waals surface area contributed by atoms with Crippen molar-refractivity contribution in [3.63, 3.8) is 0 Å². The molecule has 125 valence electrons. The zero-order valence-electron chi connectivity index (χ0n) is 14.7. The molecule has 1 aromatic carbocycles. The maximum Gasteiger partial charge on any atom is 0.303 e. The second kappa shape index (κ2) is 8.70. The molecule has 0 aromatic heterocycles. The average Bonchev–Trinajstić information content (AvgIpc) is 2.89. The summed E-state index contributed by atoms with van der Waals surface area (Å²) < 4.78 is 5.45. The summed E-state index contributed by atoms with van der Waals surface area (Å²) in [6, 6.07) is 0. The van der Waals surface area contributed by atoms with Crippen LogP contribution in [0.25, 0.3) is 0 Å². The third-order valence-corrected chi connectivity index (χ3v) is 4.36. The van der Waals surface area contributed by atoms with Crippen LogP contribution in [0.4, 0.5) is 0 Å². The van der Waals surface area contributed by atoms with E-state index in [1.54, 1.807) is 7.11 Å². The summed E-state index contributed by atoms with van der Waals surface area (Å²) in [5.74, 6) is -0.251. The molecule has 0 heterocycles. The SMILES string of the molecule is COc1c(C)c2c(c(O)c1C/C=C(\C)CCC(=O)O)C(=O)CC2.[Na]. The van der Waals surface area contributed by atoms with E-state index in [1.807, 2.05) is 19.9 Å². The number of ether oxygens (including phenoxy) is 1. The number of hydrogen-bond donors (Lipinski definition) is 2. The summed E-state index contributed by atoms with van der Waals surface area (Å²) in [7, 11) is 1.55. The second-order valence-electron chi connectivity index (χ2n) is 5.91. The number of allylic oxidation sites excluding steroid dienone is 2. The van der Waals surface area contributed by atoms with Crippen LogP contribution < -0.4 is 4.74 Å². The Labute approximate surface area is 164 Å². The van der Waals surface area contributed by atoms with Gasteiger partial charge < -0.3 is 14.9 Å². The normalized spacial score (nSPS) is 13.5. The summed E-state index contributed by atoms with van der Waals surface area (Å²) in [5, 5.41) is 19.2. The van der Waals surface area contributed by atoms with Crippen molar-refractivity contribution >= 4 is 41.3 Å². The van der Waals surface area contributed by atoms with E-state index in [9.17, 15) is 14.7 Å². The van der Waals surface area contributed by atoms with Gasteiger partial charge in [0.15, 0.2) is 5.78 Å². The Balaban J connectivity index is 0.00000288. The molecular formula is C18H22NaO5. The van der Waals surface area contributed by atoms with Crippen molar-refractivity contribution in [3.8, 4) is 11.5 Å². The minimum Gasteiger partial charge on any atom is -0.507 e. The van der Waals surface area contributed by atoms with E-state index in [1.165, 1.54) is 0 Å². The van der Waals surface area contributed by atoms with Gasteiger partial charge in [-0.2, -0.15) is 0 Å². The zero-order chi connectivity index (χ0) is 17.1. The van der Waals surface area contributed by atoms with Crippen molar-refractivity contribution in [1.82, 2.24) is 0 Å². The molecule has 0 fully saturated rings. The maximum atomic E-state index is 12.0. The summed E-state index contributed by atoms with van der Waals surface area (Å²) in [6.45, 7) is 3.76. The van der Waals surface area contributed by atoms with Gasteiger partial charge in [0.25, 0.3) is 0 Å². The molecule has 1 aliphatic rings. The van der Waals surface area contributed by atoms with Crippen molar-refractivity contribution in [2.75, 3.05) is 7.11 Å². The Kier molecular flexibility index (Phi) is 7.52. The predicted molar refractivity (Wildman–Crippen MR) is 92.1 cm³/mol. The Morgan fingerprint density at radius 1 is 1.29 bits per heavy atom. The van der Waals surface area contributed by atoms with E-state index in [0.29, 0.717) is 42.6 Å². The van der Waals surface area contributed by atoms with Gasteiger partial charge in [0.05, 0.1) is 12.7 Å². The van der Waals surface area contributed by atoms with Gasteiger partial charge in [0, 0.05) is 48.0 Å². The number of methoxy groups -OCH3 is 1. The fourth-order valence-corrected chi connectivity index (χ4v) is 3.08. The van der Waals surface area contributed by atoms with Gasteiger partial charge >= 0.3 is 5.97 Å². The molecule has 1 radical (unpaired) electrons. The van der Waals surface area contributed by atoms with Crippen LogP contribution in [-0.2, 0) is 17.6 Å². The van der Waals surface area contributed by atoms with Crippen LogP contribution in [0, 0.1) is 6.92 Å². The predicted octanol–water partition coefficient (Wildman–Crippen LogP) is 2.81. The van der Waals surface area contributed by atoms with E-state index in [0.717, 1.165) is 16.7 Å². The summed E-state index contributed by atoms with van der Waals surface area (Å²) in [6.07, 6.45) is 3.88. The van der Waals surface area contributed by atoms with E-state index in [4.69, 9.17) is 9.84 Å². The van der Waals surface area contributed by atoms with Gasteiger partial charge in [-0.05, 0) is 44.2 Å². The van der Waals surface area contributed by atoms with Crippen LogP contribution in [0.5, 0.6) is 11.5 Å². The van der Waals surface area contributed by atoms with Crippen molar-refractivity contribution < 1.29 is 24.5 Å². The van der Waals surface area contributed by atoms with E-state index >= 15 is 0 Å². The van der Waals surface area contributed by atoms with Crippen LogP contribution in [-0.4, -0.2) is 58.6 Å². The molecule has 6 heteroatoms. The first kappa shape index (κ1) is 20.7. The van der Waals surface area contributed by atoms with Crippen LogP contribution in [0.3, 0.4) is 0 Å². The van der Waals surface area contributed by atoms with Gasteiger partial charge in [-0.3, -0.25) is 9.59 Å². The van der Waals surface area contributed by atoms with Gasteiger partial charge in [0.2, 0.25) is 0 Å². The maximum absolute atomic E-state index is 12.0. The fourth-order valence-electron chi connectivity index (χ4n) is 3.08. The number of carboxylic acids is 1. The van der Waals surface area contributed by atoms with Crippen LogP contribution in [0.15, 0.2) is 11.6 Å². The molecule has 24 heavy (non-hydrogen) atoms. The third-order valence-electron chi connectivity index (χ3n) is 4.36. The first-order chi connectivity index (χ1) is 10.9. The average molecular weight is 341 g/mol. The molecule has 0 spiro atoms. The molecule has 0 amide bonds. The van der Waals surface area contributed by atoms with Crippen molar-refractivity contribution in [3.05, 3.63) is 33.9 Å². The Bertz CT molecular complexity index is 691. The zero-order valence-corrected chi connectivity index (χ0v) is 16.7. The Hall–Kier alpha value is -1.30. The first-order valence-electron chi connectivity index (χ1n) is 7.68. The molecule has 0 bridgehead atoms. The molecule has 2 N–H and O–H groups in total. The molecule has 1 aliphatic carbocycles. The number of rotatable bonds is 6. The Morgan fingerprint density at radius 2 is 1.96 bits per heavy atom. The number of Topliss-reactive ketones (excluding diaryl/α,β-unsaturated/α-hetero) is 1. The number of fused-ring (bicyclic) bond motifs is 1.